The van der Waals surface area contributed by atoms with Gasteiger partial charge < -0.3 is 20.5 Å². The molecule has 0 aliphatic carbocycles. The number of aryl methyl sites for hydroxylation is 1. The van der Waals surface area contributed by atoms with Crippen molar-refractivity contribution < 1.29 is 19.4 Å². The third-order valence-corrected chi connectivity index (χ3v) is 5.08. The van der Waals surface area contributed by atoms with E-state index in [0.29, 0.717) is 5.13 Å². The van der Waals surface area contributed by atoms with Crippen molar-refractivity contribution in [1.29, 1.82) is 0 Å². The van der Waals surface area contributed by atoms with Crippen LogP contribution >= 0.6 is 11.3 Å². The van der Waals surface area contributed by atoms with Crippen LogP contribution in [0.25, 0.3) is 0 Å². The number of nitrogens with one attached hydrogen (secondary N) is 2. The van der Waals surface area contributed by atoms with Gasteiger partial charge >= 0.3 is 5.97 Å². The predicted molar refractivity (Wildman–Crippen MR) is 112 cm³/mol. The first-order valence-electron chi connectivity index (χ1n) is 8.91. The first-order valence-corrected chi connectivity index (χ1v) is 9.79. The molecule has 1 aromatic heterocycles. The SMILES string of the molecule is COc1ccc(Nc2nc(C(=O)N[C@@H](CC(=O)O)c3ccccc3C)cs2)cc1. The van der Waals surface area contributed by atoms with Crippen LogP contribution in [0.2, 0.25) is 0 Å². The van der Waals surface area contributed by atoms with Gasteiger partial charge in [-0.15, -0.1) is 11.3 Å². The van der Waals surface area contributed by atoms with Crippen LogP contribution in [0.4, 0.5) is 10.8 Å². The lowest BCUT2D eigenvalue weighted by atomic mass is 9.98. The molecule has 8 heteroatoms. The van der Waals surface area contributed by atoms with Gasteiger partial charge in [0.2, 0.25) is 0 Å². The minimum Gasteiger partial charge on any atom is -0.497 e. The summed E-state index contributed by atoms with van der Waals surface area (Å²) in [6.45, 7) is 1.88. The Morgan fingerprint density at radius 3 is 2.55 bits per heavy atom. The highest BCUT2D eigenvalue weighted by molar-refractivity contribution is 7.14. The van der Waals surface area contributed by atoms with Crippen molar-refractivity contribution in [3.63, 3.8) is 0 Å². The van der Waals surface area contributed by atoms with E-state index in [1.165, 1.54) is 11.3 Å². The Hall–Kier alpha value is -3.39. The van der Waals surface area contributed by atoms with Crippen LogP contribution in [0.1, 0.15) is 34.1 Å². The van der Waals surface area contributed by atoms with Gasteiger partial charge in [-0.25, -0.2) is 4.98 Å². The molecule has 3 aromatic rings. The largest absolute Gasteiger partial charge is 0.497 e. The standard InChI is InChI=1S/C21H21N3O4S/c1-13-5-3-4-6-16(13)17(11-19(25)26)23-20(27)18-12-29-21(24-18)22-14-7-9-15(28-2)10-8-14/h3-10,12,17H,11H2,1-2H3,(H,22,24)(H,23,27)(H,25,26)/t17-/m0/s1. The molecule has 2 aromatic carbocycles. The molecule has 3 rings (SSSR count). The maximum Gasteiger partial charge on any atom is 0.305 e. The number of carbonyl (C=O) groups is 2. The second-order valence-electron chi connectivity index (χ2n) is 6.37. The second kappa shape index (κ2) is 9.20. The zero-order valence-corrected chi connectivity index (χ0v) is 16.8. The van der Waals surface area contributed by atoms with Gasteiger partial charge in [-0.3, -0.25) is 9.59 Å². The fraction of sp³-hybridized carbons (Fsp3) is 0.190. The zero-order chi connectivity index (χ0) is 20.8. The molecule has 0 radical (unpaired) electrons. The fourth-order valence-electron chi connectivity index (χ4n) is 2.86. The van der Waals surface area contributed by atoms with Gasteiger partial charge in [0, 0.05) is 11.1 Å². The predicted octanol–water partition coefficient (Wildman–Crippen LogP) is 4.15. The maximum absolute atomic E-state index is 12.7. The number of anilines is 2. The third kappa shape index (κ3) is 5.32. The number of hydrogen-bond donors (Lipinski definition) is 3. The molecule has 0 saturated heterocycles. The second-order valence-corrected chi connectivity index (χ2v) is 7.23. The van der Waals surface area contributed by atoms with Gasteiger partial charge in [0.25, 0.3) is 5.91 Å². The molecular weight excluding hydrogens is 390 g/mol. The van der Waals surface area contributed by atoms with Crippen LogP contribution in [0.15, 0.2) is 53.9 Å². The van der Waals surface area contributed by atoms with Crippen molar-refractivity contribution in [2.75, 3.05) is 12.4 Å². The molecule has 3 N–H and O–H groups in total. The molecule has 0 fully saturated rings. The van der Waals surface area contributed by atoms with E-state index in [2.05, 4.69) is 15.6 Å². The maximum atomic E-state index is 12.7. The van der Waals surface area contributed by atoms with Gasteiger partial charge in [0.05, 0.1) is 19.6 Å². The van der Waals surface area contributed by atoms with Crippen molar-refractivity contribution in [1.82, 2.24) is 10.3 Å². The number of hydrogen-bond acceptors (Lipinski definition) is 6. The van der Waals surface area contributed by atoms with E-state index in [1.807, 2.05) is 55.5 Å². The Morgan fingerprint density at radius 1 is 1.17 bits per heavy atom. The van der Waals surface area contributed by atoms with Gasteiger partial charge in [0.15, 0.2) is 5.13 Å². The van der Waals surface area contributed by atoms with Crippen molar-refractivity contribution >= 4 is 34.0 Å². The highest BCUT2D eigenvalue weighted by atomic mass is 32.1. The summed E-state index contributed by atoms with van der Waals surface area (Å²) >= 11 is 1.29. The number of carboxylic acid groups (broad SMARTS) is 1. The van der Waals surface area contributed by atoms with Crippen LogP contribution in [0.3, 0.4) is 0 Å². The Balaban J connectivity index is 1.72. The van der Waals surface area contributed by atoms with E-state index >= 15 is 0 Å². The molecule has 150 valence electrons. The van der Waals surface area contributed by atoms with E-state index in [0.717, 1.165) is 22.6 Å². The van der Waals surface area contributed by atoms with Crippen LogP contribution in [0.5, 0.6) is 5.75 Å². The summed E-state index contributed by atoms with van der Waals surface area (Å²) in [7, 11) is 1.60. The van der Waals surface area contributed by atoms with Crippen LogP contribution in [-0.4, -0.2) is 29.1 Å². The van der Waals surface area contributed by atoms with Gasteiger partial charge in [0.1, 0.15) is 11.4 Å². The summed E-state index contributed by atoms with van der Waals surface area (Å²) in [6, 6.07) is 14.1. The molecule has 1 amide bonds. The number of benzene rings is 2. The third-order valence-electron chi connectivity index (χ3n) is 4.33. The van der Waals surface area contributed by atoms with Crippen molar-refractivity contribution in [3.8, 4) is 5.75 Å². The Labute approximate surface area is 172 Å². The molecule has 0 unspecified atom stereocenters. The smallest absolute Gasteiger partial charge is 0.305 e. The van der Waals surface area contributed by atoms with Crippen molar-refractivity contribution in [2.24, 2.45) is 0 Å². The Morgan fingerprint density at radius 2 is 1.90 bits per heavy atom. The molecule has 1 atom stereocenters. The molecule has 0 spiro atoms. The quantitative estimate of drug-likeness (QED) is 0.515. The number of carbonyl (C=O) groups excluding carboxylic acids is 1. The highest BCUT2D eigenvalue weighted by Crippen LogP contribution is 2.24. The molecular formula is C21H21N3O4S. The summed E-state index contributed by atoms with van der Waals surface area (Å²) in [5.74, 6) is -0.660. The Bertz CT molecular complexity index is 1000. The van der Waals surface area contributed by atoms with Crippen LogP contribution < -0.4 is 15.4 Å². The Kier molecular flexibility index (Phi) is 6.46. The molecule has 29 heavy (non-hydrogen) atoms. The van der Waals surface area contributed by atoms with E-state index in [1.54, 1.807) is 12.5 Å². The summed E-state index contributed by atoms with van der Waals surface area (Å²) in [5, 5.41) is 17.4. The summed E-state index contributed by atoms with van der Waals surface area (Å²) in [6.07, 6.45) is -0.211. The minimum atomic E-state index is -0.987. The van der Waals surface area contributed by atoms with E-state index in [9.17, 15) is 14.7 Å². The average molecular weight is 411 g/mol. The van der Waals surface area contributed by atoms with Crippen molar-refractivity contribution in [3.05, 3.63) is 70.7 Å². The van der Waals surface area contributed by atoms with Crippen molar-refractivity contribution in [2.45, 2.75) is 19.4 Å². The lowest BCUT2D eigenvalue weighted by molar-refractivity contribution is -0.137. The lowest BCUT2D eigenvalue weighted by Crippen LogP contribution is -2.30. The van der Waals surface area contributed by atoms with E-state index < -0.39 is 17.9 Å². The number of nitrogens with zero attached hydrogens (tertiary/aromatic N) is 1. The van der Waals surface area contributed by atoms with Crippen LogP contribution in [-0.2, 0) is 4.79 Å². The first kappa shape index (κ1) is 20.3. The lowest BCUT2D eigenvalue weighted by Gasteiger charge is -2.18. The molecule has 1 heterocycles. The summed E-state index contributed by atoms with van der Waals surface area (Å²) in [4.78, 5) is 28.3. The number of thiazole rings is 1. The van der Waals surface area contributed by atoms with Gasteiger partial charge in [-0.2, -0.15) is 0 Å². The molecule has 0 saturated carbocycles. The van der Waals surface area contributed by atoms with E-state index in [4.69, 9.17) is 4.74 Å². The summed E-state index contributed by atoms with van der Waals surface area (Å²) in [5.41, 5.74) is 2.74. The first-order chi connectivity index (χ1) is 14.0. The van der Waals surface area contributed by atoms with Gasteiger partial charge in [-0.05, 0) is 42.3 Å². The normalized spacial score (nSPS) is 11.5. The minimum absolute atomic E-state index is 0.211. The number of aromatic nitrogens is 1. The van der Waals surface area contributed by atoms with Crippen LogP contribution in [0, 0.1) is 6.92 Å². The fourth-order valence-corrected chi connectivity index (χ4v) is 3.57. The number of ether oxygens (including phenoxy) is 1. The van der Waals surface area contributed by atoms with Gasteiger partial charge in [-0.1, -0.05) is 24.3 Å². The molecule has 7 nitrogen and oxygen atoms in total. The number of methoxy groups -OCH3 is 1. The molecule has 0 bridgehead atoms. The highest BCUT2D eigenvalue weighted by Gasteiger charge is 2.21. The number of aliphatic carboxylic acids is 1. The monoisotopic (exact) mass is 411 g/mol. The average Bonchev–Trinajstić information content (AvgIpc) is 3.17. The summed E-state index contributed by atoms with van der Waals surface area (Å²) < 4.78 is 5.13. The number of amides is 1. The number of rotatable bonds is 8. The topological polar surface area (TPSA) is 101 Å². The zero-order valence-electron chi connectivity index (χ0n) is 16.0. The molecule has 0 aliphatic rings. The molecule has 0 aliphatic heterocycles. The van der Waals surface area contributed by atoms with E-state index in [-0.39, 0.29) is 12.1 Å². The number of carboxylic acids is 1.